The van der Waals surface area contributed by atoms with E-state index in [-0.39, 0.29) is 24.0 Å². The number of likely N-dealkylation sites (tertiary alicyclic amines) is 1. The molecule has 0 radical (unpaired) electrons. The molecule has 0 saturated carbocycles. The third kappa shape index (κ3) is 3.85. The zero-order valence-corrected chi connectivity index (χ0v) is 13.7. The molecule has 2 atom stereocenters. The van der Waals surface area contributed by atoms with E-state index in [4.69, 9.17) is 4.74 Å². The van der Waals surface area contributed by atoms with Gasteiger partial charge in [-0.05, 0) is 31.4 Å². The molecule has 0 spiro atoms. The van der Waals surface area contributed by atoms with E-state index in [1.807, 2.05) is 0 Å². The second-order valence-corrected chi connectivity index (χ2v) is 6.03. The average molecular weight is 304 g/mol. The Morgan fingerprint density at radius 1 is 1.36 bits per heavy atom. The number of hydrogen-bond acceptors (Lipinski definition) is 4. The molecule has 1 heterocycles. The Morgan fingerprint density at radius 3 is 2.73 bits per heavy atom. The van der Waals surface area contributed by atoms with Crippen molar-refractivity contribution in [2.45, 2.75) is 45.8 Å². The summed E-state index contributed by atoms with van der Waals surface area (Å²) in [6, 6.07) is 6.02. The Hall–Kier alpha value is -1.88. The highest BCUT2D eigenvalue weighted by molar-refractivity contribution is 5.77. The van der Waals surface area contributed by atoms with Crippen molar-refractivity contribution in [3.63, 3.8) is 0 Å². The Bertz CT molecular complexity index is 571. The van der Waals surface area contributed by atoms with Crippen molar-refractivity contribution in [3.05, 3.63) is 34.9 Å². The van der Waals surface area contributed by atoms with Crippen molar-refractivity contribution in [2.24, 2.45) is 0 Å². The van der Waals surface area contributed by atoms with Crippen molar-refractivity contribution in [2.75, 3.05) is 13.7 Å². The summed E-state index contributed by atoms with van der Waals surface area (Å²) in [5.74, 6) is -0.305. The normalized spacial score (nSPS) is 21.6. The lowest BCUT2D eigenvalue weighted by atomic mass is 10.0. The summed E-state index contributed by atoms with van der Waals surface area (Å²) >= 11 is 0. The van der Waals surface area contributed by atoms with Crippen molar-refractivity contribution in [1.29, 1.82) is 0 Å². The maximum atomic E-state index is 12.0. The molecule has 120 valence electrons. The first-order valence-corrected chi connectivity index (χ1v) is 7.55. The van der Waals surface area contributed by atoms with Crippen LogP contribution in [0, 0.1) is 13.8 Å². The number of hydrogen-bond donors (Lipinski definition) is 1. The number of methoxy groups -OCH3 is 1. The van der Waals surface area contributed by atoms with Crippen molar-refractivity contribution in [3.8, 4) is 0 Å². The molecule has 1 aliphatic heterocycles. The molecule has 0 aliphatic carbocycles. The van der Waals surface area contributed by atoms with Crippen LogP contribution in [0.5, 0.6) is 0 Å². The van der Waals surface area contributed by atoms with Gasteiger partial charge in [-0.2, -0.15) is 0 Å². The minimum atomic E-state index is -0.304. The number of carbonyl (C=O) groups excluding carboxylic acids is 2. The lowest BCUT2D eigenvalue weighted by Gasteiger charge is -2.23. The standard InChI is InChI=1S/C17H24N2O3/c1-11-5-6-12(2)14(7-11)9-19-10-15(18-13(3)20)8-16(19)17(21)22-4/h5-7,15-16H,8-10H2,1-4H3,(H,18,20)/t15-,16-/m0/s1. The fraction of sp³-hybridized carbons (Fsp3) is 0.529. The minimum Gasteiger partial charge on any atom is -0.468 e. The maximum absolute atomic E-state index is 12.0. The summed E-state index contributed by atoms with van der Waals surface area (Å²) in [7, 11) is 1.41. The van der Waals surface area contributed by atoms with Gasteiger partial charge in [0.05, 0.1) is 7.11 Å². The van der Waals surface area contributed by atoms with Gasteiger partial charge < -0.3 is 10.1 Å². The summed E-state index contributed by atoms with van der Waals surface area (Å²) in [6.45, 7) is 6.98. The van der Waals surface area contributed by atoms with Gasteiger partial charge in [0, 0.05) is 26.1 Å². The lowest BCUT2D eigenvalue weighted by molar-refractivity contribution is -0.146. The van der Waals surface area contributed by atoms with E-state index >= 15 is 0 Å². The van der Waals surface area contributed by atoms with Crippen molar-refractivity contribution < 1.29 is 14.3 Å². The average Bonchev–Trinajstić information content (AvgIpc) is 2.83. The fourth-order valence-corrected chi connectivity index (χ4v) is 3.04. The minimum absolute atomic E-state index is 0.00767. The van der Waals surface area contributed by atoms with E-state index in [9.17, 15) is 9.59 Å². The van der Waals surface area contributed by atoms with E-state index in [0.717, 1.165) is 0 Å². The highest BCUT2D eigenvalue weighted by atomic mass is 16.5. The van der Waals surface area contributed by atoms with Gasteiger partial charge in [-0.15, -0.1) is 0 Å². The van der Waals surface area contributed by atoms with Gasteiger partial charge in [0.25, 0.3) is 0 Å². The molecule has 5 nitrogen and oxygen atoms in total. The van der Waals surface area contributed by atoms with Crippen molar-refractivity contribution in [1.82, 2.24) is 10.2 Å². The number of ether oxygens (including phenoxy) is 1. The first-order valence-electron chi connectivity index (χ1n) is 7.55. The number of esters is 1. The molecule has 1 aromatic rings. The van der Waals surface area contributed by atoms with E-state index in [0.29, 0.717) is 19.5 Å². The van der Waals surface area contributed by atoms with Crippen LogP contribution in [0.4, 0.5) is 0 Å². The maximum Gasteiger partial charge on any atom is 0.323 e. The molecule has 1 N–H and O–H groups in total. The first-order chi connectivity index (χ1) is 10.4. The molecule has 0 bridgehead atoms. The van der Waals surface area contributed by atoms with Crippen molar-refractivity contribution >= 4 is 11.9 Å². The largest absolute Gasteiger partial charge is 0.468 e. The Kier molecular flexibility index (Phi) is 5.19. The number of aryl methyl sites for hydroxylation is 2. The fourth-order valence-electron chi connectivity index (χ4n) is 3.04. The first kappa shape index (κ1) is 16.5. The molecular formula is C17H24N2O3. The molecule has 1 fully saturated rings. The molecular weight excluding hydrogens is 280 g/mol. The number of nitrogens with zero attached hydrogens (tertiary/aromatic N) is 1. The predicted octanol–water partition coefficient (Wildman–Crippen LogP) is 1.56. The van der Waals surface area contributed by atoms with E-state index in [1.165, 1.54) is 30.7 Å². The van der Waals surface area contributed by atoms with Gasteiger partial charge in [0.2, 0.25) is 5.91 Å². The van der Waals surface area contributed by atoms with Crippen LogP contribution < -0.4 is 5.32 Å². The van der Waals surface area contributed by atoms with Gasteiger partial charge in [0.1, 0.15) is 6.04 Å². The van der Waals surface area contributed by atoms with Gasteiger partial charge in [-0.1, -0.05) is 23.8 Å². The zero-order valence-electron chi connectivity index (χ0n) is 13.7. The second kappa shape index (κ2) is 6.92. The van der Waals surface area contributed by atoms with E-state index in [1.54, 1.807) is 0 Å². The molecule has 1 amide bonds. The Morgan fingerprint density at radius 2 is 2.09 bits per heavy atom. The summed E-state index contributed by atoms with van der Waals surface area (Å²) < 4.78 is 4.92. The molecule has 22 heavy (non-hydrogen) atoms. The third-order valence-electron chi connectivity index (χ3n) is 4.16. The summed E-state index contributed by atoms with van der Waals surface area (Å²) in [6.07, 6.45) is 0.594. The summed E-state index contributed by atoms with van der Waals surface area (Å²) in [5, 5.41) is 2.90. The van der Waals surface area contributed by atoms with Crippen LogP contribution in [0.1, 0.15) is 30.0 Å². The van der Waals surface area contributed by atoms with E-state index < -0.39 is 0 Å². The van der Waals surface area contributed by atoms with Crippen LogP contribution in [0.15, 0.2) is 18.2 Å². The van der Waals surface area contributed by atoms with Crippen LogP contribution >= 0.6 is 0 Å². The topological polar surface area (TPSA) is 58.6 Å². The van der Waals surface area contributed by atoms with E-state index in [2.05, 4.69) is 42.3 Å². The van der Waals surface area contributed by atoms with Crippen LogP contribution in [0.2, 0.25) is 0 Å². The molecule has 1 aliphatic rings. The highest BCUT2D eigenvalue weighted by Gasteiger charge is 2.37. The lowest BCUT2D eigenvalue weighted by Crippen LogP contribution is -2.37. The second-order valence-electron chi connectivity index (χ2n) is 6.03. The molecule has 1 saturated heterocycles. The Labute approximate surface area is 131 Å². The number of rotatable bonds is 4. The Balaban J connectivity index is 2.16. The predicted molar refractivity (Wildman–Crippen MR) is 84.4 cm³/mol. The highest BCUT2D eigenvalue weighted by Crippen LogP contribution is 2.23. The molecule has 0 aromatic heterocycles. The van der Waals surface area contributed by atoms with Crippen LogP contribution in [-0.4, -0.2) is 42.5 Å². The third-order valence-corrected chi connectivity index (χ3v) is 4.16. The summed E-state index contributed by atoms with van der Waals surface area (Å²) in [5.41, 5.74) is 3.61. The summed E-state index contributed by atoms with van der Waals surface area (Å²) in [4.78, 5) is 25.4. The van der Waals surface area contributed by atoms with Crippen LogP contribution in [-0.2, 0) is 20.9 Å². The van der Waals surface area contributed by atoms with Gasteiger partial charge >= 0.3 is 5.97 Å². The number of benzene rings is 1. The zero-order chi connectivity index (χ0) is 16.3. The quantitative estimate of drug-likeness (QED) is 0.858. The monoisotopic (exact) mass is 304 g/mol. The SMILES string of the molecule is COC(=O)[C@@H]1C[C@H](NC(C)=O)CN1Cc1cc(C)ccc1C. The van der Waals surface area contributed by atoms with Gasteiger partial charge in [-0.3, -0.25) is 14.5 Å². The number of amides is 1. The molecule has 0 unspecified atom stereocenters. The van der Waals surface area contributed by atoms with Gasteiger partial charge in [0.15, 0.2) is 0 Å². The van der Waals surface area contributed by atoms with Gasteiger partial charge in [-0.25, -0.2) is 0 Å². The number of carbonyl (C=O) groups is 2. The smallest absolute Gasteiger partial charge is 0.323 e. The van der Waals surface area contributed by atoms with Crippen LogP contribution in [0.25, 0.3) is 0 Å². The molecule has 2 rings (SSSR count). The van der Waals surface area contributed by atoms with Crippen LogP contribution in [0.3, 0.4) is 0 Å². The molecule has 1 aromatic carbocycles. The molecule has 5 heteroatoms. The number of nitrogens with one attached hydrogen (secondary N) is 1.